The van der Waals surface area contributed by atoms with Crippen LogP contribution >= 0.6 is 0 Å². The number of rotatable bonds is 4. The summed E-state index contributed by atoms with van der Waals surface area (Å²) in [6, 6.07) is 12.5. The van der Waals surface area contributed by atoms with E-state index < -0.39 is 15.8 Å². The molecule has 0 aliphatic carbocycles. The van der Waals surface area contributed by atoms with Gasteiger partial charge in [0.05, 0.1) is 5.69 Å². The van der Waals surface area contributed by atoms with Crippen LogP contribution in [-0.4, -0.2) is 15.5 Å². The number of sulfonamides is 1. The van der Waals surface area contributed by atoms with Gasteiger partial charge >= 0.3 is 0 Å². The quantitative estimate of drug-likeness (QED) is 0.868. The molecule has 0 radical (unpaired) electrons. The maximum Gasteiger partial charge on any atom is 0.266 e. The summed E-state index contributed by atoms with van der Waals surface area (Å²) in [4.78, 5) is -0.318. The largest absolute Gasteiger partial charge is 0.269 e. The third-order valence-corrected chi connectivity index (χ3v) is 5.00. The Morgan fingerprint density at radius 1 is 1.05 bits per heavy atom. The lowest BCUT2D eigenvalue weighted by Crippen LogP contribution is -2.27. The van der Waals surface area contributed by atoms with E-state index in [0.717, 1.165) is 22.4 Å². The molecule has 0 amide bonds. The number of benzene rings is 2. The number of halogens is 1. The van der Waals surface area contributed by atoms with E-state index in [2.05, 4.69) is 0 Å². The molecule has 3 nitrogen and oxygen atoms in total. The fourth-order valence-corrected chi connectivity index (χ4v) is 3.14. The second-order valence-corrected chi connectivity index (χ2v) is 6.36. The Bertz CT molecular complexity index is 696. The molecular formula is C15H16FNO2S. The van der Waals surface area contributed by atoms with Crippen molar-refractivity contribution in [2.24, 2.45) is 0 Å². The highest BCUT2D eigenvalue weighted by Gasteiger charge is 2.24. The van der Waals surface area contributed by atoms with Crippen molar-refractivity contribution in [2.45, 2.75) is 18.2 Å². The highest BCUT2D eigenvalue weighted by Crippen LogP contribution is 2.24. The number of hydrogen-bond donors (Lipinski definition) is 0. The van der Waals surface area contributed by atoms with Crippen LogP contribution in [0.4, 0.5) is 10.1 Å². The fraction of sp³-hybridized carbons (Fsp3) is 0.200. The fourth-order valence-electron chi connectivity index (χ4n) is 1.88. The molecular weight excluding hydrogens is 277 g/mol. The van der Waals surface area contributed by atoms with E-state index in [-0.39, 0.29) is 4.90 Å². The molecule has 0 heterocycles. The normalized spacial score (nSPS) is 11.3. The van der Waals surface area contributed by atoms with Crippen LogP contribution in [0.3, 0.4) is 0 Å². The smallest absolute Gasteiger partial charge is 0.266 e. The highest BCUT2D eigenvalue weighted by atomic mass is 32.2. The van der Waals surface area contributed by atoms with Crippen LogP contribution in [0.15, 0.2) is 53.4 Å². The molecule has 5 heteroatoms. The second-order valence-electron chi connectivity index (χ2n) is 4.42. The molecule has 0 unspecified atom stereocenters. The zero-order valence-corrected chi connectivity index (χ0v) is 12.2. The van der Waals surface area contributed by atoms with Crippen molar-refractivity contribution in [3.05, 3.63) is 59.9 Å². The molecule has 0 saturated heterocycles. The monoisotopic (exact) mass is 293 g/mol. The number of nitrogens with zero attached hydrogens (tertiary/aromatic N) is 1. The maximum absolute atomic E-state index is 13.7. The van der Waals surface area contributed by atoms with Crippen molar-refractivity contribution in [1.29, 1.82) is 0 Å². The molecule has 0 saturated carbocycles. The number of aryl methyl sites for hydroxylation is 1. The van der Waals surface area contributed by atoms with Crippen molar-refractivity contribution in [2.75, 3.05) is 11.4 Å². The second kappa shape index (κ2) is 5.63. The van der Waals surface area contributed by atoms with Crippen molar-refractivity contribution in [3.8, 4) is 0 Å². The van der Waals surface area contributed by atoms with Gasteiger partial charge < -0.3 is 0 Å². The Kier molecular flexibility index (Phi) is 4.09. The SMILES string of the molecule is CCc1ccc(N(C)S(=O)(=O)c2ccccc2F)cc1. The lowest BCUT2D eigenvalue weighted by atomic mass is 10.1. The number of anilines is 1. The predicted octanol–water partition coefficient (Wildman–Crippen LogP) is 3.21. The summed E-state index contributed by atoms with van der Waals surface area (Å²) >= 11 is 0. The van der Waals surface area contributed by atoms with Gasteiger partial charge in [-0.15, -0.1) is 0 Å². The van der Waals surface area contributed by atoms with Crippen LogP contribution in [-0.2, 0) is 16.4 Å². The zero-order chi connectivity index (χ0) is 14.8. The summed E-state index contributed by atoms with van der Waals surface area (Å²) < 4.78 is 39.5. The molecule has 0 bridgehead atoms. The Labute approximate surface area is 118 Å². The first-order valence-electron chi connectivity index (χ1n) is 6.29. The van der Waals surface area contributed by atoms with Gasteiger partial charge in [0.2, 0.25) is 0 Å². The van der Waals surface area contributed by atoms with Crippen LogP contribution in [0.25, 0.3) is 0 Å². The van der Waals surface area contributed by atoms with Crippen LogP contribution in [0, 0.1) is 5.82 Å². The standard InChI is InChI=1S/C15H16FNO2S/c1-3-12-8-10-13(11-9-12)17(2)20(18,19)15-7-5-4-6-14(15)16/h4-11H,3H2,1-2H3. The predicted molar refractivity (Wildman–Crippen MR) is 77.8 cm³/mol. The van der Waals surface area contributed by atoms with E-state index in [1.165, 1.54) is 25.2 Å². The Hall–Kier alpha value is -1.88. The lowest BCUT2D eigenvalue weighted by Gasteiger charge is -2.20. The van der Waals surface area contributed by atoms with E-state index in [1.54, 1.807) is 12.1 Å². The van der Waals surface area contributed by atoms with Crippen molar-refractivity contribution < 1.29 is 12.8 Å². The molecule has 0 N–H and O–H groups in total. The van der Waals surface area contributed by atoms with Gasteiger partial charge in [0, 0.05) is 7.05 Å². The summed E-state index contributed by atoms with van der Waals surface area (Å²) in [7, 11) is -2.46. The molecule has 0 aromatic heterocycles. The molecule has 106 valence electrons. The van der Waals surface area contributed by atoms with Crippen LogP contribution in [0.5, 0.6) is 0 Å². The van der Waals surface area contributed by atoms with Gasteiger partial charge in [-0.1, -0.05) is 31.2 Å². The van der Waals surface area contributed by atoms with Gasteiger partial charge in [-0.05, 0) is 36.2 Å². The van der Waals surface area contributed by atoms with E-state index in [0.29, 0.717) is 5.69 Å². The summed E-state index contributed by atoms with van der Waals surface area (Å²) in [6.45, 7) is 2.02. The van der Waals surface area contributed by atoms with Gasteiger partial charge in [-0.25, -0.2) is 12.8 Å². The van der Waals surface area contributed by atoms with E-state index in [4.69, 9.17) is 0 Å². The third-order valence-electron chi connectivity index (χ3n) is 3.18. The van der Waals surface area contributed by atoms with Gasteiger partial charge in [0.1, 0.15) is 10.7 Å². The summed E-state index contributed by atoms with van der Waals surface area (Å²) in [5.74, 6) is -0.746. The van der Waals surface area contributed by atoms with E-state index >= 15 is 0 Å². The first-order chi connectivity index (χ1) is 9.46. The van der Waals surface area contributed by atoms with E-state index in [1.807, 2.05) is 19.1 Å². The summed E-state index contributed by atoms with van der Waals surface area (Å²) in [5, 5.41) is 0. The van der Waals surface area contributed by atoms with Gasteiger partial charge in [0.15, 0.2) is 0 Å². The third kappa shape index (κ3) is 2.67. The molecule has 0 fully saturated rings. The molecule has 0 aliphatic rings. The Morgan fingerprint density at radius 3 is 2.20 bits per heavy atom. The molecule has 2 aromatic carbocycles. The lowest BCUT2D eigenvalue weighted by molar-refractivity contribution is 0.566. The zero-order valence-electron chi connectivity index (χ0n) is 11.4. The minimum Gasteiger partial charge on any atom is -0.269 e. The minimum atomic E-state index is -3.88. The Morgan fingerprint density at radius 2 is 1.65 bits per heavy atom. The molecule has 0 spiro atoms. The van der Waals surface area contributed by atoms with Gasteiger partial charge in [-0.3, -0.25) is 4.31 Å². The molecule has 20 heavy (non-hydrogen) atoms. The summed E-state index contributed by atoms with van der Waals surface area (Å²) in [5.41, 5.74) is 1.62. The minimum absolute atomic E-state index is 0.318. The summed E-state index contributed by atoms with van der Waals surface area (Å²) in [6.07, 6.45) is 0.879. The van der Waals surface area contributed by atoms with E-state index in [9.17, 15) is 12.8 Å². The molecule has 0 aliphatic heterocycles. The number of hydrogen-bond acceptors (Lipinski definition) is 2. The average Bonchev–Trinajstić information content (AvgIpc) is 2.47. The first kappa shape index (κ1) is 14.5. The van der Waals surface area contributed by atoms with Crippen molar-refractivity contribution in [1.82, 2.24) is 0 Å². The van der Waals surface area contributed by atoms with Crippen LogP contribution in [0.2, 0.25) is 0 Å². The van der Waals surface area contributed by atoms with Gasteiger partial charge in [0.25, 0.3) is 10.0 Å². The van der Waals surface area contributed by atoms with Crippen molar-refractivity contribution in [3.63, 3.8) is 0 Å². The van der Waals surface area contributed by atoms with Crippen LogP contribution in [0.1, 0.15) is 12.5 Å². The first-order valence-corrected chi connectivity index (χ1v) is 7.73. The van der Waals surface area contributed by atoms with Gasteiger partial charge in [-0.2, -0.15) is 0 Å². The van der Waals surface area contributed by atoms with Crippen LogP contribution < -0.4 is 4.31 Å². The highest BCUT2D eigenvalue weighted by molar-refractivity contribution is 7.92. The van der Waals surface area contributed by atoms with Crippen molar-refractivity contribution >= 4 is 15.7 Å². The maximum atomic E-state index is 13.7. The molecule has 0 atom stereocenters. The Balaban J connectivity index is 2.41. The molecule has 2 rings (SSSR count). The topological polar surface area (TPSA) is 37.4 Å². The average molecular weight is 293 g/mol. The molecule has 2 aromatic rings.